The fourth-order valence-electron chi connectivity index (χ4n) is 1.50. The van der Waals surface area contributed by atoms with Crippen LogP contribution in [0.3, 0.4) is 0 Å². The van der Waals surface area contributed by atoms with Crippen LogP contribution < -0.4 is 4.74 Å². The van der Waals surface area contributed by atoms with Crippen LogP contribution in [0.4, 0.5) is 4.39 Å². The molecule has 0 N–H and O–H groups in total. The summed E-state index contributed by atoms with van der Waals surface area (Å²) in [6, 6.07) is 7.05. The smallest absolute Gasteiger partial charge is 0.134 e. The lowest BCUT2D eigenvalue weighted by atomic mass is 10.2. The summed E-state index contributed by atoms with van der Waals surface area (Å²) in [5, 5.41) is 0. The molecule has 0 bridgehead atoms. The number of halogens is 1. The van der Waals surface area contributed by atoms with Crippen LogP contribution in [0.15, 0.2) is 18.2 Å². The quantitative estimate of drug-likeness (QED) is 0.613. The van der Waals surface area contributed by atoms with E-state index in [1.165, 1.54) is 12.1 Å². The molecule has 1 aromatic carbocycles. The van der Waals surface area contributed by atoms with Gasteiger partial charge in [-0.2, -0.15) is 0 Å². The minimum atomic E-state index is -0.376. The lowest BCUT2D eigenvalue weighted by molar-refractivity contribution is 0.142. The van der Waals surface area contributed by atoms with Gasteiger partial charge in [0.15, 0.2) is 0 Å². The van der Waals surface area contributed by atoms with Crippen molar-refractivity contribution in [1.29, 1.82) is 0 Å². The van der Waals surface area contributed by atoms with E-state index in [4.69, 9.17) is 9.47 Å². The third-order valence-corrected chi connectivity index (χ3v) is 2.39. The van der Waals surface area contributed by atoms with Gasteiger partial charge in [0.25, 0.3) is 0 Å². The number of ether oxygens (including phenoxy) is 2. The summed E-state index contributed by atoms with van der Waals surface area (Å²) in [7, 11) is 0. The maximum absolute atomic E-state index is 12.8. The average molecular weight is 239 g/mol. The fraction of sp³-hybridized carbons (Fsp3) is 0.571. The molecule has 1 aromatic rings. The zero-order chi connectivity index (χ0) is 12.3. The average Bonchev–Trinajstić information content (AvgIpc) is 2.33. The van der Waals surface area contributed by atoms with Crippen LogP contribution >= 0.6 is 0 Å². The molecular weight excluding hydrogens is 219 g/mol. The Labute approximate surface area is 103 Å². The Kier molecular flexibility index (Phi) is 7.39. The Morgan fingerprint density at radius 1 is 1.18 bits per heavy atom. The summed E-state index contributed by atoms with van der Waals surface area (Å²) < 4.78 is 23.4. The van der Waals surface area contributed by atoms with E-state index < -0.39 is 0 Å². The molecule has 1 rings (SSSR count). The van der Waals surface area contributed by atoms with E-state index in [9.17, 15) is 4.39 Å². The van der Waals surface area contributed by atoms with Crippen molar-refractivity contribution < 1.29 is 13.9 Å². The molecule has 2 nitrogen and oxygen atoms in total. The lowest BCUT2D eigenvalue weighted by Gasteiger charge is -2.06. The second-order valence-electron chi connectivity index (χ2n) is 3.83. The largest absolute Gasteiger partial charge is 0.493 e. The molecule has 0 aliphatic carbocycles. The topological polar surface area (TPSA) is 18.5 Å². The zero-order valence-electron chi connectivity index (χ0n) is 10.4. The second-order valence-corrected chi connectivity index (χ2v) is 3.83. The molecule has 0 unspecified atom stereocenters. The first-order valence-electron chi connectivity index (χ1n) is 6.20. The molecule has 0 atom stereocenters. The van der Waals surface area contributed by atoms with Gasteiger partial charge in [-0.3, -0.25) is 0 Å². The van der Waals surface area contributed by atoms with E-state index in [2.05, 4.69) is 6.07 Å². The molecular formula is C14H20FO2. The van der Waals surface area contributed by atoms with Crippen LogP contribution in [0.5, 0.6) is 5.75 Å². The highest BCUT2D eigenvalue weighted by Crippen LogP contribution is 2.12. The van der Waals surface area contributed by atoms with Gasteiger partial charge in [0, 0.05) is 25.3 Å². The van der Waals surface area contributed by atoms with Crippen molar-refractivity contribution in [2.75, 3.05) is 19.8 Å². The standard InChI is InChI=1S/C14H20FO2/c1-2-16-10-5-3-4-6-11-17-14-9-7-8-13(15)12-14/h7,9,12H,2-6,10-11H2,1H3. The van der Waals surface area contributed by atoms with Gasteiger partial charge in [0.05, 0.1) is 6.61 Å². The van der Waals surface area contributed by atoms with Gasteiger partial charge < -0.3 is 9.47 Å². The summed E-state index contributed by atoms with van der Waals surface area (Å²) in [4.78, 5) is 0. The van der Waals surface area contributed by atoms with Crippen LogP contribution in [-0.4, -0.2) is 19.8 Å². The predicted octanol–water partition coefficient (Wildman–Crippen LogP) is 3.60. The van der Waals surface area contributed by atoms with Crippen molar-refractivity contribution in [1.82, 2.24) is 0 Å². The van der Waals surface area contributed by atoms with Gasteiger partial charge in [-0.1, -0.05) is 6.42 Å². The zero-order valence-corrected chi connectivity index (χ0v) is 10.4. The van der Waals surface area contributed by atoms with E-state index in [0.717, 1.165) is 38.9 Å². The molecule has 17 heavy (non-hydrogen) atoms. The maximum atomic E-state index is 12.8. The summed E-state index contributed by atoms with van der Waals surface area (Å²) >= 11 is 0. The summed E-state index contributed by atoms with van der Waals surface area (Å²) in [6.45, 7) is 4.28. The molecule has 3 heteroatoms. The minimum absolute atomic E-state index is 0.376. The van der Waals surface area contributed by atoms with Gasteiger partial charge in [0.2, 0.25) is 0 Å². The van der Waals surface area contributed by atoms with Crippen LogP contribution in [0, 0.1) is 11.9 Å². The summed E-state index contributed by atoms with van der Waals surface area (Å²) in [6.07, 6.45) is 4.37. The number of benzene rings is 1. The molecule has 0 spiro atoms. The number of rotatable bonds is 9. The molecule has 0 aliphatic heterocycles. The summed E-state index contributed by atoms with van der Waals surface area (Å²) in [5.74, 6) is 0.204. The number of unbranched alkanes of at least 4 members (excludes halogenated alkanes) is 3. The second kappa shape index (κ2) is 8.99. The van der Waals surface area contributed by atoms with E-state index in [-0.39, 0.29) is 5.82 Å². The maximum Gasteiger partial charge on any atom is 0.134 e. The Bertz CT molecular complexity index is 302. The van der Waals surface area contributed by atoms with Crippen molar-refractivity contribution in [3.05, 3.63) is 30.1 Å². The Hall–Kier alpha value is -1.09. The van der Waals surface area contributed by atoms with Gasteiger partial charge in [-0.25, -0.2) is 4.39 Å². The van der Waals surface area contributed by atoms with Gasteiger partial charge in [0.1, 0.15) is 11.6 Å². The van der Waals surface area contributed by atoms with E-state index in [0.29, 0.717) is 12.4 Å². The van der Waals surface area contributed by atoms with Crippen LogP contribution in [-0.2, 0) is 4.74 Å². The SMILES string of the molecule is CCOCCCCCCOc1cc[c]c(F)c1. The highest BCUT2D eigenvalue weighted by Gasteiger charge is 1.96. The molecule has 0 aliphatic rings. The van der Waals surface area contributed by atoms with Crippen molar-refractivity contribution in [2.45, 2.75) is 32.6 Å². The molecule has 1 radical (unpaired) electrons. The normalized spacial score (nSPS) is 10.5. The van der Waals surface area contributed by atoms with Crippen LogP contribution in [0.2, 0.25) is 0 Å². The monoisotopic (exact) mass is 239 g/mol. The van der Waals surface area contributed by atoms with Crippen LogP contribution in [0.25, 0.3) is 0 Å². The molecule has 0 aromatic heterocycles. The van der Waals surface area contributed by atoms with Crippen molar-refractivity contribution in [2.24, 2.45) is 0 Å². The fourth-order valence-corrected chi connectivity index (χ4v) is 1.50. The third-order valence-electron chi connectivity index (χ3n) is 2.39. The predicted molar refractivity (Wildman–Crippen MR) is 65.7 cm³/mol. The third kappa shape index (κ3) is 6.95. The van der Waals surface area contributed by atoms with Crippen molar-refractivity contribution in [3.8, 4) is 5.75 Å². The number of hydrogen-bond donors (Lipinski definition) is 0. The van der Waals surface area contributed by atoms with Gasteiger partial charge in [-0.05, 0) is 38.3 Å². The Morgan fingerprint density at radius 3 is 2.65 bits per heavy atom. The molecule has 0 saturated carbocycles. The summed E-state index contributed by atoms with van der Waals surface area (Å²) in [5.41, 5.74) is 0. The van der Waals surface area contributed by atoms with Crippen molar-refractivity contribution in [3.63, 3.8) is 0 Å². The number of hydrogen-bond acceptors (Lipinski definition) is 2. The highest BCUT2D eigenvalue weighted by atomic mass is 19.1. The van der Waals surface area contributed by atoms with E-state index >= 15 is 0 Å². The van der Waals surface area contributed by atoms with Gasteiger partial charge >= 0.3 is 0 Å². The minimum Gasteiger partial charge on any atom is -0.493 e. The molecule has 0 heterocycles. The molecule has 0 amide bonds. The lowest BCUT2D eigenvalue weighted by Crippen LogP contribution is -1.98. The van der Waals surface area contributed by atoms with E-state index in [1.54, 1.807) is 6.07 Å². The Balaban J connectivity index is 1.97. The molecule has 0 fully saturated rings. The first-order chi connectivity index (χ1) is 8.33. The van der Waals surface area contributed by atoms with Crippen LogP contribution in [0.1, 0.15) is 32.6 Å². The molecule has 95 valence electrons. The van der Waals surface area contributed by atoms with Crippen molar-refractivity contribution >= 4 is 0 Å². The first kappa shape index (κ1) is 14.0. The molecule has 0 saturated heterocycles. The first-order valence-corrected chi connectivity index (χ1v) is 6.20. The Morgan fingerprint density at radius 2 is 1.94 bits per heavy atom. The van der Waals surface area contributed by atoms with Gasteiger partial charge in [-0.15, -0.1) is 0 Å². The highest BCUT2D eigenvalue weighted by molar-refractivity contribution is 5.21. The van der Waals surface area contributed by atoms with E-state index in [1.807, 2.05) is 6.92 Å².